The zero-order valence-electron chi connectivity index (χ0n) is 10.3. The Kier molecular flexibility index (Phi) is 6.28. The summed E-state index contributed by atoms with van der Waals surface area (Å²) in [5, 5.41) is 11.3. The Morgan fingerprint density at radius 1 is 1.33 bits per heavy atom. The van der Waals surface area contributed by atoms with Crippen molar-refractivity contribution in [3.8, 4) is 0 Å². The minimum Gasteiger partial charge on any atom is -0.480 e. The van der Waals surface area contributed by atoms with E-state index in [1.165, 1.54) is 11.8 Å². The normalized spacial score (nSPS) is 11.8. The van der Waals surface area contributed by atoms with Crippen LogP contribution < -0.4 is 5.32 Å². The van der Waals surface area contributed by atoms with E-state index in [0.717, 1.165) is 11.3 Å². The zero-order chi connectivity index (χ0) is 13.4. The van der Waals surface area contributed by atoms with Crippen molar-refractivity contribution in [1.29, 1.82) is 0 Å². The topological polar surface area (TPSA) is 66.4 Å². The minimum absolute atomic E-state index is 0.231. The number of thioether (sulfide) groups is 1. The van der Waals surface area contributed by atoms with Gasteiger partial charge >= 0.3 is 5.97 Å². The molecule has 5 heteroatoms. The molecule has 0 fully saturated rings. The van der Waals surface area contributed by atoms with Gasteiger partial charge in [0.2, 0.25) is 5.91 Å². The van der Waals surface area contributed by atoms with Crippen LogP contribution in [0.5, 0.6) is 0 Å². The van der Waals surface area contributed by atoms with Crippen LogP contribution in [-0.4, -0.2) is 28.8 Å². The Balaban J connectivity index is 2.27. The number of carbonyl (C=O) groups excluding carboxylic acids is 1. The largest absolute Gasteiger partial charge is 0.480 e. The van der Waals surface area contributed by atoms with Crippen LogP contribution in [0.3, 0.4) is 0 Å². The number of amides is 1. The van der Waals surface area contributed by atoms with E-state index in [1.807, 2.05) is 30.3 Å². The van der Waals surface area contributed by atoms with Crippen molar-refractivity contribution in [2.24, 2.45) is 0 Å². The Labute approximate surface area is 111 Å². The molecule has 1 aromatic rings. The second kappa shape index (κ2) is 7.76. The molecule has 0 bridgehead atoms. The van der Waals surface area contributed by atoms with Gasteiger partial charge in [-0.05, 0) is 12.0 Å². The smallest absolute Gasteiger partial charge is 0.326 e. The summed E-state index contributed by atoms with van der Waals surface area (Å²) in [6, 6.07) is 9.06. The van der Waals surface area contributed by atoms with Crippen molar-refractivity contribution in [3.05, 3.63) is 35.9 Å². The SMILES string of the molecule is CC[C@@H](NC(=O)CSCc1ccccc1)C(=O)O. The summed E-state index contributed by atoms with van der Waals surface area (Å²) in [5.74, 6) is -0.194. The highest BCUT2D eigenvalue weighted by Gasteiger charge is 2.16. The van der Waals surface area contributed by atoms with Crippen LogP contribution >= 0.6 is 11.8 Å². The van der Waals surface area contributed by atoms with Crippen LogP contribution in [0, 0.1) is 0 Å². The minimum atomic E-state index is -0.987. The first-order valence-corrected chi connectivity index (χ1v) is 6.92. The third-order valence-electron chi connectivity index (χ3n) is 2.39. The molecule has 2 N–H and O–H groups in total. The molecule has 0 aliphatic carbocycles. The molecule has 0 saturated carbocycles. The first-order valence-electron chi connectivity index (χ1n) is 5.77. The number of rotatable bonds is 7. The van der Waals surface area contributed by atoms with Gasteiger partial charge in [-0.15, -0.1) is 11.8 Å². The van der Waals surface area contributed by atoms with Gasteiger partial charge in [0.15, 0.2) is 0 Å². The van der Waals surface area contributed by atoms with Crippen molar-refractivity contribution in [1.82, 2.24) is 5.32 Å². The molecule has 1 amide bonds. The average molecular weight is 267 g/mol. The number of carboxylic acid groups (broad SMARTS) is 1. The fourth-order valence-corrected chi connectivity index (χ4v) is 2.21. The summed E-state index contributed by atoms with van der Waals surface area (Å²) in [6.07, 6.45) is 0.393. The highest BCUT2D eigenvalue weighted by molar-refractivity contribution is 7.99. The van der Waals surface area contributed by atoms with Crippen LogP contribution in [-0.2, 0) is 15.3 Å². The number of carboxylic acids is 1. The van der Waals surface area contributed by atoms with Crippen molar-refractivity contribution in [3.63, 3.8) is 0 Å². The molecule has 18 heavy (non-hydrogen) atoms. The molecule has 1 rings (SSSR count). The number of hydrogen-bond acceptors (Lipinski definition) is 3. The zero-order valence-corrected chi connectivity index (χ0v) is 11.1. The maximum absolute atomic E-state index is 11.5. The van der Waals surface area contributed by atoms with Gasteiger partial charge in [0.25, 0.3) is 0 Å². The van der Waals surface area contributed by atoms with Gasteiger partial charge in [-0.25, -0.2) is 4.79 Å². The first-order chi connectivity index (χ1) is 8.63. The highest BCUT2D eigenvalue weighted by atomic mass is 32.2. The van der Waals surface area contributed by atoms with Crippen LogP contribution in [0.2, 0.25) is 0 Å². The molecule has 0 saturated heterocycles. The Hall–Kier alpha value is -1.49. The van der Waals surface area contributed by atoms with Gasteiger partial charge in [0.05, 0.1) is 5.75 Å². The second-order valence-electron chi connectivity index (χ2n) is 3.84. The van der Waals surface area contributed by atoms with E-state index in [4.69, 9.17) is 5.11 Å². The van der Waals surface area contributed by atoms with Gasteiger partial charge in [0.1, 0.15) is 6.04 Å². The molecule has 0 aliphatic rings. The maximum atomic E-state index is 11.5. The Morgan fingerprint density at radius 3 is 2.56 bits per heavy atom. The summed E-state index contributed by atoms with van der Waals surface area (Å²) in [5.41, 5.74) is 1.15. The van der Waals surface area contributed by atoms with E-state index in [2.05, 4.69) is 5.32 Å². The maximum Gasteiger partial charge on any atom is 0.326 e. The number of benzene rings is 1. The molecular weight excluding hydrogens is 250 g/mol. The molecule has 1 aromatic carbocycles. The van der Waals surface area contributed by atoms with Gasteiger partial charge in [-0.3, -0.25) is 4.79 Å². The lowest BCUT2D eigenvalue weighted by Gasteiger charge is -2.11. The molecule has 0 spiro atoms. The fraction of sp³-hybridized carbons (Fsp3) is 0.385. The van der Waals surface area contributed by atoms with Gasteiger partial charge in [0, 0.05) is 5.75 Å². The second-order valence-corrected chi connectivity index (χ2v) is 4.83. The first kappa shape index (κ1) is 14.6. The van der Waals surface area contributed by atoms with Crippen LogP contribution in [0.15, 0.2) is 30.3 Å². The van der Waals surface area contributed by atoms with E-state index in [-0.39, 0.29) is 11.7 Å². The molecule has 0 heterocycles. The van der Waals surface area contributed by atoms with Gasteiger partial charge in [-0.2, -0.15) is 0 Å². The summed E-state index contributed by atoms with van der Waals surface area (Å²) in [7, 11) is 0. The predicted molar refractivity (Wildman–Crippen MR) is 72.5 cm³/mol. The standard InChI is InChI=1S/C13H17NO3S/c1-2-11(13(16)17)14-12(15)9-18-8-10-6-4-3-5-7-10/h3-7,11H,2,8-9H2,1H3,(H,14,15)(H,16,17)/t11-/m1/s1. The van der Waals surface area contributed by atoms with Crippen molar-refractivity contribution < 1.29 is 14.7 Å². The molecule has 0 unspecified atom stereocenters. The summed E-state index contributed by atoms with van der Waals surface area (Å²) in [6.45, 7) is 1.73. The van der Waals surface area contributed by atoms with Crippen LogP contribution in [0.25, 0.3) is 0 Å². The summed E-state index contributed by atoms with van der Waals surface area (Å²) >= 11 is 1.47. The number of carbonyl (C=O) groups is 2. The molecule has 0 aromatic heterocycles. The van der Waals surface area contributed by atoms with E-state index in [9.17, 15) is 9.59 Å². The third kappa shape index (κ3) is 5.23. The summed E-state index contributed by atoms with van der Waals surface area (Å²) in [4.78, 5) is 22.3. The molecular formula is C13H17NO3S. The number of nitrogens with one attached hydrogen (secondary N) is 1. The molecule has 1 atom stereocenters. The van der Waals surface area contributed by atoms with Crippen LogP contribution in [0.1, 0.15) is 18.9 Å². The number of hydrogen-bond donors (Lipinski definition) is 2. The molecule has 0 radical (unpaired) electrons. The van der Waals surface area contributed by atoms with Crippen molar-refractivity contribution in [2.75, 3.05) is 5.75 Å². The van der Waals surface area contributed by atoms with Gasteiger partial charge < -0.3 is 10.4 Å². The molecule has 0 aliphatic heterocycles. The lowest BCUT2D eigenvalue weighted by atomic mass is 10.2. The monoisotopic (exact) mass is 267 g/mol. The third-order valence-corrected chi connectivity index (χ3v) is 3.39. The Bertz CT molecular complexity index is 394. The van der Waals surface area contributed by atoms with E-state index in [0.29, 0.717) is 6.42 Å². The quantitative estimate of drug-likeness (QED) is 0.792. The average Bonchev–Trinajstić information content (AvgIpc) is 2.37. The Morgan fingerprint density at radius 2 is 2.00 bits per heavy atom. The lowest BCUT2D eigenvalue weighted by Crippen LogP contribution is -2.41. The van der Waals surface area contributed by atoms with E-state index < -0.39 is 12.0 Å². The molecule has 98 valence electrons. The van der Waals surface area contributed by atoms with E-state index >= 15 is 0 Å². The fourth-order valence-electron chi connectivity index (χ4n) is 1.41. The predicted octanol–water partition coefficient (Wildman–Crippen LogP) is 1.90. The van der Waals surface area contributed by atoms with Gasteiger partial charge in [-0.1, -0.05) is 37.3 Å². The number of aliphatic carboxylic acids is 1. The van der Waals surface area contributed by atoms with Crippen LogP contribution in [0.4, 0.5) is 0 Å². The highest BCUT2D eigenvalue weighted by Crippen LogP contribution is 2.11. The summed E-state index contributed by atoms with van der Waals surface area (Å²) < 4.78 is 0. The van der Waals surface area contributed by atoms with E-state index in [1.54, 1.807) is 6.92 Å². The van der Waals surface area contributed by atoms with Crippen molar-refractivity contribution >= 4 is 23.6 Å². The lowest BCUT2D eigenvalue weighted by molar-refractivity contribution is -0.141. The molecule has 4 nitrogen and oxygen atoms in total. The van der Waals surface area contributed by atoms with Crippen molar-refractivity contribution in [2.45, 2.75) is 25.1 Å².